The van der Waals surface area contributed by atoms with E-state index in [1.165, 1.54) is 4.90 Å². The van der Waals surface area contributed by atoms with Gasteiger partial charge in [0.2, 0.25) is 0 Å². The molecule has 1 N–H and O–H groups in total. The second-order valence-electron chi connectivity index (χ2n) is 4.92. The topological polar surface area (TPSA) is 79.4 Å². The van der Waals surface area contributed by atoms with E-state index in [2.05, 4.69) is 10.3 Å². The first-order valence-electron chi connectivity index (χ1n) is 6.60. The second-order valence-corrected chi connectivity index (χ2v) is 7.15. The fourth-order valence-corrected chi connectivity index (χ4v) is 4.12. The summed E-state index contributed by atoms with van der Waals surface area (Å²) in [6, 6.07) is 1.41. The highest BCUT2D eigenvalue weighted by molar-refractivity contribution is 7.91. The molecule has 0 aliphatic carbocycles. The van der Waals surface area contributed by atoms with E-state index >= 15 is 0 Å². The van der Waals surface area contributed by atoms with Gasteiger partial charge in [0.25, 0.3) is 5.91 Å². The van der Waals surface area contributed by atoms with E-state index in [9.17, 15) is 13.2 Å². The molecule has 1 atom stereocenters. The molecule has 2 heterocycles. The number of carbonyl (C=O) groups is 1. The zero-order valence-corrected chi connectivity index (χ0v) is 12.5. The Labute approximate surface area is 119 Å². The van der Waals surface area contributed by atoms with Crippen molar-refractivity contribution in [3.8, 4) is 0 Å². The van der Waals surface area contributed by atoms with E-state index in [0.717, 1.165) is 0 Å². The molecule has 0 radical (unpaired) electrons. The minimum atomic E-state index is -3.00. The summed E-state index contributed by atoms with van der Waals surface area (Å²) in [5.74, 6) is 0.0354. The Kier molecular flexibility index (Phi) is 4.27. The van der Waals surface area contributed by atoms with E-state index < -0.39 is 9.84 Å². The number of pyridine rings is 1. The molecule has 7 heteroatoms. The van der Waals surface area contributed by atoms with Crippen molar-refractivity contribution in [3.63, 3.8) is 0 Å². The van der Waals surface area contributed by atoms with Crippen LogP contribution in [0.25, 0.3) is 0 Å². The highest BCUT2D eigenvalue weighted by atomic mass is 32.2. The lowest BCUT2D eigenvalue weighted by Crippen LogP contribution is -2.38. The molecule has 0 aromatic carbocycles. The molecule has 1 aromatic heterocycles. The molecule has 110 valence electrons. The molecule has 1 fully saturated rings. The van der Waals surface area contributed by atoms with Crippen molar-refractivity contribution < 1.29 is 13.2 Å². The Morgan fingerprint density at radius 3 is 2.90 bits per heavy atom. The van der Waals surface area contributed by atoms with Crippen LogP contribution in [0.4, 0.5) is 5.69 Å². The maximum atomic E-state index is 12.5. The summed E-state index contributed by atoms with van der Waals surface area (Å²) in [4.78, 5) is 18.0. The lowest BCUT2D eigenvalue weighted by Gasteiger charge is -2.24. The number of amides is 1. The van der Waals surface area contributed by atoms with Crippen LogP contribution in [0.2, 0.25) is 0 Å². The number of sulfone groups is 1. The summed E-state index contributed by atoms with van der Waals surface area (Å²) in [5.41, 5.74) is 1.20. The molecule has 20 heavy (non-hydrogen) atoms. The first-order chi connectivity index (χ1) is 9.44. The summed E-state index contributed by atoms with van der Waals surface area (Å²) in [6.45, 7) is 2.63. The van der Waals surface area contributed by atoms with Gasteiger partial charge in [0.1, 0.15) is 0 Å². The van der Waals surface area contributed by atoms with Gasteiger partial charge in [0.15, 0.2) is 9.84 Å². The molecule has 2 rings (SSSR count). The molecule has 1 aliphatic rings. The van der Waals surface area contributed by atoms with Crippen LogP contribution in [-0.2, 0) is 9.84 Å². The van der Waals surface area contributed by atoms with Gasteiger partial charge in [0, 0.05) is 25.8 Å². The Bertz CT molecular complexity index is 601. The van der Waals surface area contributed by atoms with Crippen LogP contribution in [0, 0.1) is 0 Å². The van der Waals surface area contributed by atoms with E-state index in [1.807, 2.05) is 6.92 Å². The fraction of sp³-hybridized carbons (Fsp3) is 0.538. The van der Waals surface area contributed by atoms with Crippen LogP contribution in [0.5, 0.6) is 0 Å². The summed E-state index contributed by atoms with van der Waals surface area (Å²) < 4.78 is 23.0. The highest BCUT2D eigenvalue weighted by Crippen LogP contribution is 2.21. The van der Waals surface area contributed by atoms with Crippen molar-refractivity contribution in [3.05, 3.63) is 24.0 Å². The number of rotatable bonds is 4. The van der Waals surface area contributed by atoms with Crippen LogP contribution < -0.4 is 5.32 Å². The Morgan fingerprint density at radius 1 is 1.55 bits per heavy atom. The summed E-state index contributed by atoms with van der Waals surface area (Å²) in [7, 11) is -1.34. The van der Waals surface area contributed by atoms with E-state index in [-0.39, 0.29) is 23.5 Å². The highest BCUT2D eigenvalue weighted by Gasteiger charge is 2.33. The normalized spacial score (nSPS) is 20.6. The molecule has 0 saturated carbocycles. The standard InChI is InChI=1S/C13H19N3O3S/c1-3-15-12-8-14-6-4-11(12)13(17)16(2)10-5-7-20(18,19)9-10/h4,6,8,10,15H,3,5,7,9H2,1-2H3. The molecule has 1 amide bonds. The van der Waals surface area contributed by atoms with Crippen LogP contribution >= 0.6 is 0 Å². The monoisotopic (exact) mass is 297 g/mol. The van der Waals surface area contributed by atoms with Crippen molar-refractivity contribution in [1.82, 2.24) is 9.88 Å². The number of nitrogens with one attached hydrogen (secondary N) is 1. The third kappa shape index (κ3) is 3.09. The lowest BCUT2D eigenvalue weighted by molar-refractivity contribution is 0.0748. The van der Waals surface area contributed by atoms with Crippen molar-refractivity contribution >= 4 is 21.4 Å². The van der Waals surface area contributed by atoms with Gasteiger partial charge < -0.3 is 10.2 Å². The number of anilines is 1. The molecule has 1 aliphatic heterocycles. The molecule has 1 saturated heterocycles. The van der Waals surface area contributed by atoms with Gasteiger partial charge in [-0.2, -0.15) is 0 Å². The molecule has 6 nitrogen and oxygen atoms in total. The molecule has 1 aromatic rings. The smallest absolute Gasteiger partial charge is 0.256 e. The average molecular weight is 297 g/mol. The predicted molar refractivity (Wildman–Crippen MR) is 77.6 cm³/mol. The second kappa shape index (κ2) is 5.78. The van der Waals surface area contributed by atoms with Crippen molar-refractivity contribution in [2.75, 3.05) is 30.4 Å². The maximum Gasteiger partial charge on any atom is 0.256 e. The lowest BCUT2D eigenvalue weighted by atomic mass is 10.1. The number of nitrogens with zero attached hydrogens (tertiary/aromatic N) is 2. The van der Waals surface area contributed by atoms with Crippen LogP contribution in [0.1, 0.15) is 23.7 Å². The van der Waals surface area contributed by atoms with Gasteiger partial charge in [0.05, 0.1) is 29.0 Å². The Balaban J connectivity index is 2.19. The van der Waals surface area contributed by atoms with Crippen LogP contribution in [0.3, 0.4) is 0 Å². The van der Waals surface area contributed by atoms with E-state index in [1.54, 1.807) is 25.5 Å². The minimum Gasteiger partial charge on any atom is -0.383 e. The summed E-state index contributed by atoms with van der Waals surface area (Å²) in [5, 5.41) is 3.09. The molecular weight excluding hydrogens is 278 g/mol. The Morgan fingerprint density at radius 2 is 2.30 bits per heavy atom. The zero-order valence-electron chi connectivity index (χ0n) is 11.7. The molecule has 1 unspecified atom stereocenters. The number of carbonyl (C=O) groups excluding carboxylic acids is 1. The number of aromatic nitrogens is 1. The van der Waals surface area contributed by atoms with E-state index in [0.29, 0.717) is 24.2 Å². The SMILES string of the molecule is CCNc1cnccc1C(=O)N(C)C1CCS(=O)(=O)C1. The van der Waals surface area contributed by atoms with Gasteiger partial charge >= 0.3 is 0 Å². The largest absolute Gasteiger partial charge is 0.383 e. The van der Waals surface area contributed by atoms with Crippen molar-refractivity contribution in [1.29, 1.82) is 0 Å². The van der Waals surface area contributed by atoms with Gasteiger partial charge in [-0.25, -0.2) is 8.42 Å². The van der Waals surface area contributed by atoms with Gasteiger partial charge in [-0.1, -0.05) is 0 Å². The van der Waals surface area contributed by atoms with Gasteiger partial charge in [-0.15, -0.1) is 0 Å². The fourth-order valence-electron chi connectivity index (χ4n) is 2.35. The summed E-state index contributed by atoms with van der Waals surface area (Å²) in [6.07, 6.45) is 3.68. The minimum absolute atomic E-state index is 0.0524. The number of hydrogen-bond acceptors (Lipinski definition) is 5. The van der Waals surface area contributed by atoms with Crippen LogP contribution in [-0.4, -0.2) is 55.3 Å². The molecular formula is C13H19N3O3S. The van der Waals surface area contributed by atoms with Crippen molar-refractivity contribution in [2.45, 2.75) is 19.4 Å². The number of hydrogen-bond donors (Lipinski definition) is 1. The van der Waals surface area contributed by atoms with Gasteiger partial charge in [-0.05, 0) is 19.4 Å². The average Bonchev–Trinajstić information content (AvgIpc) is 2.78. The third-order valence-corrected chi connectivity index (χ3v) is 5.25. The van der Waals surface area contributed by atoms with Gasteiger partial charge in [-0.3, -0.25) is 9.78 Å². The first kappa shape index (κ1) is 14.8. The predicted octanol–water partition coefficient (Wildman–Crippen LogP) is 0.772. The summed E-state index contributed by atoms with van der Waals surface area (Å²) >= 11 is 0. The van der Waals surface area contributed by atoms with E-state index in [4.69, 9.17) is 0 Å². The zero-order chi connectivity index (χ0) is 14.8. The van der Waals surface area contributed by atoms with Crippen molar-refractivity contribution in [2.24, 2.45) is 0 Å². The quantitative estimate of drug-likeness (QED) is 0.888. The Hall–Kier alpha value is -1.63. The molecule has 0 bridgehead atoms. The molecule has 0 spiro atoms. The third-order valence-electron chi connectivity index (χ3n) is 3.50. The van der Waals surface area contributed by atoms with Crippen LogP contribution in [0.15, 0.2) is 18.5 Å². The maximum absolute atomic E-state index is 12.5. The first-order valence-corrected chi connectivity index (χ1v) is 8.42.